The quantitative estimate of drug-likeness (QED) is 0.847. The molecule has 0 saturated heterocycles. The maximum Gasteiger partial charge on any atom is 0.151 e. The smallest absolute Gasteiger partial charge is 0.151 e. The van der Waals surface area contributed by atoms with Crippen molar-refractivity contribution in [3.63, 3.8) is 0 Å². The van der Waals surface area contributed by atoms with Crippen LogP contribution in [-0.4, -0.2) is 35.9 Å². The minimum Gasteiger partial charge on any atom is -0.329 e. The summed E-state index contributed by atoms with van der Waals surface area (Å²) in [6.07, 6.45) is 5.17. The summed E-state index contributed by atoms with van der Waals surface area (Å²) >= 11 is 0. The van der Waals surface area contributed by atoms with E-state index in [-0.39, 0.29) is 6.54 Å². The van der Waals surface area contributed by atoms with Crippen LogP contribution >= 0.6 is 0 Å². The zero-order valence-corrected chi connectivity index (χ0v) is 10.4. The van der Waals surface area contributed by atoms with Gasteiger partial charge in [-0.05, 0) is 12.1 Å². The van der Waals surface area contributed by atoms with Crippen molar-refractivity contribution in [2.75, 3.05) is 12.8 Å². The Morgan fingerprint density at radius 1 is 1.47 bits per heavy atom. The molecular formula is C11H15N3O2S. The third-order valence-electron chi connectivity index (χ3n) is 2.80. The summed E-state index contributed by atoms with van der Waals surface area (Å²) in [6, 6.07) is 5.65. The van der Waals surface area contributed by atoms with Gasteiger partial charge in [0.15, 0.2) is 9.84 Å². The lowest BCUT2D eigenvalue weighted by molar-refractivity contribution is 0.583. The van der Waals surface area contributed by atoms with Crippen molar-refractivity contribution in [3.8, 4) is 0 Å². The van der Waals surface area contributed by atoms with Gasteiger partial charge in [-0.1, -0.05) is 6.07 Å². The Hall–Kier alpha value is -1.40. The highest BCUT2D eigenvalue weighted by molar-refractivity contribution is 7.91. The number of aromatic nitrogens is 2. The molecule has 0 radical (unpaired) electrons. The van der Waals surface area contributed by atoms with Gasteiger partial charge in [0.25, 0.3) is 0 Å². The highest BCUT2D eigenvalue weighted by Gasteiger charge is 2.20. The minimum absolute atomic E-state index is 0.124. The largest absolute Gasteiger partial charge is 0.329 e. The highest BCUT2D eigenvalue weighted by Crippen LogP contribution is 2.11. The van der Waals surface area contributed by atoms with Crippen molar-refractivity contribution < 1.29 is 8.42 Å². The Kier molecular flexibility index (Phi) is 3.17. The number of nitrogens with two attached hydrogens (primary N) is 1. The monoisotopic (exact) mass is 253 g/mol. The van der Waals surface area contributed by atoms with E-state index in [0.717, 1.165) is 11.3 Å². The summed E-state index contributed by atoms with van der Waals surface area (Å²) in [5, 5.41) is -0.553. The fourth-order valence-corrected chi connectivity index (χ4v) is 2.60. The third kappa shape index (κ3) is 2.48. The van der Waals surface area contributed by atoms with E-state index in [4.69, 9.17) is 5.73 Å². The summed E-state index contributed by atoms with van der Waals surface area (Å²) < 4.78 is 24.9. The van der Waals surface area contributed by atoms with Crippen LogP contribution in [0.5, 0.6) is 0 Å². The molecule has 0 aromatic carbocycles. The summed E-state index contributed by atoms with van der Waals surface area (Å²) in [5.74, 6) is 0. The number of rotatable bonds is 4. The van der Waals surface area contributed by atoms with E-state index < -0.39 is 15.1 Å². The molecule has 2 N–H and O–H groups in total. The Morgan fingerprint density at radius 2 is 2.24 bits per heavy atom. The van der Waals surface area contributed by atoms with Gasteiger partial charge in [-0.25, -0.2) is 13.4 Å². The molecule has 0 bridgehead atoms. The first-order chi connectivity index (χ1) is 8.02. The predicted octanol–water partition coefficient (Wildman–Crippen LogP) is 0.249. The van der Waals surface area contributed by atoms with Crippen molar-refractivity contribution in [1.29, 1.82) is 0 Å². The number of imidazole rings is 1. The van der Waals surface area contributed by atoms with Crippen LogP contribution in [0.3, 0.4) is 0 Å². The first-order valence-electron chi connectivity index (χ1n) is 5.32. The van der Waals surface area contributed by atoms with Gasteiger partial charge in [0.05, 0.1) is 5.25 Å². The molecule has 2 rings (SSSR count). The second kappa shape index (κ2) is 4.46. The lowest BCUT2D eigenvalue weighted by Gasteiger charge is -2.11. The molecule has 2 aromatic heterocycles. The van der Waals surface area contributed by atoms with E-state index in [0.29, 0.717) is 6.42 Å². The van der Waals surface area contributed by atoms with Gasteiger partial charge in [0, 0.05) is 37.3 Å². The first kappa shape index (κ1) is 12.1. The Labute approximate surface area is 100 Å². The fourth-order valence-electron chi connectivity index (χ4n) is 1.78. The Bertz CT molecular complexity index is 618. The molecule has 1 atom stereocenters. The molecule has 0 fully saturated rings. The van der Waals surface area contributed by atoms with Crippen molar-refractivity contribution in [3.05, 3.63) is 36.3 Å². The molecule has 0 saturated carbocycles. The second-order valence-electron chi connectivity index (χ2n) is 4.07. The Morgan fingerprint density at radius 3 is 2.88 bits per heavy atom. The van der Waals surface area contributed by atoms with E-state index in [1.165, 1.54) is 6.26 Å². The molecule has 92 valence electrons. The number of hydrogen-bond donors (Lipinski definition) is 1. The molecule has 0 aliphatic heterocycles. The predicted molar refractivity (Wildman–Crippen MR) is 66.6 cm³/mol. The minimum atomic E-state index is -3.13. The van der Waals surface area contributed by atoms with Gasteiger partial charge in [0.2, 0.25) is 0 Å². The molecule has 0 aliphatic rings. The van der Waals surface area contributed by atoms with Crippen LogP contribution in [-0.2, 0) is 16.3 Å². The van der Waals surface area contributed by atoms with Crippen molar-refractivity contribution >= 4 is 15.5 Å². The zero-order chi connectivity index (χ0) is 12.5. The maximum absolute atomic E-state index is 11.5. The molecule has 1 unspecified atom stereocenters. The lowest BCUT2D eigenvalue weighted by atomic mass is 10.2. The Balaban J connectivity index is 2.35. The molecule has 0 aliphatic carbocycles. The van der Waals surface area contributed by atoms with Crippen molar-refractivity contribution in [1.82, 2.24) is 9.38 Å². The summed E-state index contributed by atoms with van der Waals surface area (Å²) in [7, 11) is -3.13. The van der Waals surface area contributed by atoms with Gasteiger partial charge in [-0.2, -0.15) is 0 Å². The van der Waals surface area contributed by atoms with Crippen LogP contribution in [0.15, 0.2) is 30.6 Å². The van der Waals surface area contributed by atoms with Crippen LogP contribution in [0.25, 0.3) is 5.65 Å². The van der Waals surface area contributed by atoms with E-state index in [1.54, 1.807) is 6.20 Å². The SMILES string of the molecule is CS(=O)(=O)C(CN)Cc1cnc2ccccn12. The van der Waals surface area contributed by atoms with Crippen LogP contribution in [0.2, 0.25) is 0 Å². The molecule has 6 heteroatoms. The zero-order valence-electron chi connectivity index (χ0n) is 9.57. The first-order valence-corrected chi connectivity index (χ1v) is 7.27. The maximum atomic E-state index is 11.5. The van der Waals surface area contributed by atoms with Crippen LogP contribution in [0.1, 0.15) is 5.69 Å². The standard InChI is InChI=1S/C11H15N3O2S/c1-17(15,16)10(7-12)6-9-8-13-11-4-2-3-5-14(9)11/h2-5,8,10H,6-7,12H2,1H3. The number of sulfone groups is 1. The molecule has 0 amide bonds. The van der Waals surface area contributed by atoms with Gasteiger partial charge in [0.1, 0.15) is 5.65 Å². The summed E-state index contributed by atoms with van der Waals surface area (Å²) in [6.45, 7) is 0.124. The highest BCUT2D eigenvalue weighted by atomic mass is 32.2. The van der Waals surface area contributed by atoms with Gasteiger partial charge in [-0.15, -0.1) is 0 Å². The van der Waals surface area contributed by atoms with Gasteiger partial charge < -0.3 is 10.1 Å². The van der Waals surface area contributed by atoms with Crippen molar-refractivity contribution in [2.24, 2.45) is 5.73 Å². The molecule has 17 heavy (non-hydrogen) atoms. The normalized spacial score (nSPS) is 14.0. The average Bonchev–Trinajstić information content (AvgIpc) is 2.67. The number of hydrogen-bond acceptors (Lipinski definition) is 4. The third-order valence-corrected chi connectivity index (χ3v) is 4.37. The van der Waals surface area contributed by atoms with Gasteiger partial charge >= 0.3 is 0 Å². The summed E-state index contributed by atoms with van der Waals surface area (Å²) in [4.78, 5) is 4.22. The van der Waals surface area contributed by atoms with Crippen molar-refractivity contribution in [2.45, 2.75) is 11.7 Å². The molecular weight excluding hydrogens is 238 g/mol. The average molecular weight is 253 g/mol. The van der Waals surface area contributed by atoms with E-state index in [9.17, 15) is 8.42 Å². The number of fused-ring (bicyclic) bond motifs is 1. The lowest BCUT2D eigenvalue weighted by Crippen LogP contribution is -2.31. The van der Waals surface area contributed by atoms with Crippen LogP contribution in [0.4, 0.5) is 0 Å². The summed E-state index contributed by atoms with van der Waals surface area (Å²) in [5.41, 5.74) is 7.19. The molecule has 0 spiro atoms. The van der Waals surface area contributed by atoms with Gasteiger partial charge in [-0.3, -0.25) is 0 Å². The van der Waals surface area contributed by atoms with Crippen LogP contribution < -0.4 is 5.73 Å². The number of pyridine rings is 1. The van der Waals surface area contributed by atoms with Crippen LogP contribution in [0, 0.1) is 0 Å². The van der Waals surface area contributed by atoms with E-state index in [1.807, 2.05) is 28.8 Å². The topological polar surface area (TPSA) is 77.5 Å². The second-order valence-corrected chi connectivity index (χ2v) is 6.40. The fraction of sp³-hybridized carbons (Fsp3) is 0.364. The van der Waals surface area contributed by atoms with E-state index in [2.05, 4.69) is 4.98 Å². The molecule has 5 nitrogen and oxygen atoms in total. The molecule has 2 heterocycles. The molecule has 2 aromatic rings. The van der Waals surface area contributed by atoms with E-state index >= 15 is 0 Å². The number of nitrogens with zero attached hydrogens (tertiary/aromatic N) is 2.